The molecule has 1 amide bonds. The highest BCUT2D eigenvalue weighted by Crippen LogP contribution is 2.07. The Morgan fingerprint density at radius 3 is 2.63 bits per heavy atom. The fraction of sp³-hybridized carbons (Fsp3) is 0.143. The molecule has 1 aromatic heterocycles. The Hall–Kier alpha value is -1.72. The Morgan fingerprint density at radius 2 is 2.00 bits per heavy atom. The molecule has 5 heteroatoms. The van der Waals surface area contributed by atoms with Crippen molar-refractivity contribution in [3.63, 3.8) is 0 Å². The van der Waals surface area contributed by atoms with Crippen molar-refractivity contribution in [2.75, 3.05) is 0 Å². The minimum atomic E-state index is -0.191. The summed E-state index contributed by atoms with van der Waals surface area (Å²) in [6.07, 6.45) is 0. The van der Waals surface area contributed by atoms with Crippen LogP contribution in [0.15, 0.2) is 41.8 Å². The molecule has 0 spiro atoms. The molecule has 0 atom stereocenters. The summed E-state index contributed by atoms with van der Waals surface area (Å²) in [5, 5.41) is 8.02. The molecule has 0 unspecified atom stereocenters. The van der Waals surface area contributed by atoms with Gasteiger partial charge >= 0.3 is 0 Å². The summed E-state index contributed by atoms with van der Waals surface area (Å²) >= 11 is 6.74. The van der Waals surface area contributed by atoms with Crippen molar-refractivity contribution in [3.05, 3.63) is 57.8 Å². The molecule has 0 aliphatic heterocycles. The zero-order valence-electron chi connectivity index (χ0n) is 10.5. The zero-order valence-corrected chi connectivity index (χ0v) is 12.1. The lowest BCUT2D eigenvalue weighted by atomic mass is 10.1. The molecule has 0 saturated heterocycles. The van der Waals surface area contributed by atoms with Gasteiger partial charge in [0, 0.05) is 10.4 Å². The van der Waals surface area contributed by atoms with Crippen LogP contribution in [-0.2, 0) is 6.54 Å². The predicted molar refractivity (Wildman–Crippen MR) is 82.4 cm³/mol. The first-order valence-electron chi connectivity index (χ1n) is 5.83. The van der Waals surface area contributed by atoms with Crippen molar-refractivity contribution in [3.8, 4) is 0 Å². The van der Waals surface area contributed by atoms with Gasteiger partial charge in [0.2, 0.25) is 0 Å². The summed E-state index contributed by atoms with van der Waals surface area (Å²) < 4.78 is 0. The maximum atomic E-state index is 11.9. The molecular formula is C14H14N2OS2. The van der Waals surface area contributed by atoms with Crippen LogP contribution in [0, 0.1) is 6.92 Å². The maximum absolute atomic E-state index is 11.9. The Kier molecular flexibility index (Phi) is 4.65. The van der Waals surface area contributed by atoms with Gasteiger partial charge in [-0.25, -0.2) is 0 Å². The number of amides is 1. The van der Waals surface area contributed by atoms with E-state index in [-0.39, 0.29) is 5.91 Å². The highest BCUT2D eigenvalue weighted by atomic mass is 32.1. The third kappa shape index (κ3) is 4.15. The summed E-state index contributed by atoms with van der Waals surface area (Å²) in [4.78, 5) is 13.1. The van der Waals surface area contributed by atoms with Gasteiger partial charge in [0.25, 0.3) is 5.91 Å². The van der Waals surface area contributed by atoms with Crippen molar-refractivity contribution in [1.82, 2.24) is 10.6 Å². The molecule has 0 radical (unpaired) electrons. The number of aryl methyl sites for hydroxylation is 1. The van der Waals surface area contributed by atoms with E-state index in [1.54, 1.807) is 23.5 Å². The normalized spacial score (nSPS) is 9.95. The van der Waals surface area contributed by atoms with Crippen LogP contribution in [0.3, 0.4) is 0 Å². The first-order chi connectivity index (χ1) is 9.15. The molecule has 98 valence electrons. The van der Waals surface area contributed by atoms with Crippen LogP contribution in [0.1, 0.15) is 20.8 Å². The van der Waals surface area contributed by atoms with E-state index in [0.717, 1.165) is 5.56 Å². The van der Waals surface area contributed by atoms with Crippen LogP contribution in [0.5, 0.6) is 0 Å². The van der Waals surface area contributed by atoms with Gasteiger partial charge in [0.1, 0.15) is 0 Å². The van der Waals surface area contributed by atoms with Crippen molar-refractivity contribution in [1.29, 1.82) is 0 Å². The number of carbonyl (C=O) groups excluding carboxylic acids is 1. The standard InChI is InChI=1S/C14H14N2OS2/c1-10-4-6-11(7-5-10)13(17)16-14(18)15-9-12-3-2-8-19-12/h2-8H,9H2,1H3,(H2,15,16,17,18). The second-order valence-electron chi connectivity index (χ2n) is 4.08. The quantitative estimate of drug-likeness (QED) is 0.854. The second-order valence-corrected chi connectivity index (χ2v) is 5.52. The van der Waals surface area contributed by atoms with Gasteiger partial charge in [-0.05, 0) is 42.7 Å². The van der Waals surface area contributed by atoms with E-state index in [9.17, 15) is 4.79 Å². The highest BCUT2D eigenvalue weighted by molar-refractivity contribution is 7.80. The van der Waals surface area contributed by atoms with Crippen LogP contribution in [0.25, 0.3) is 0 Å². The lowest BCUT2D eigenvalue weighted by molar-refractivity contribution is 0.0976. The van der Waals surface area contributed by atoms with Gasteiger partial charge in [-0.3, -0.25) is 10.1 Å². The molecule has 2 rings (SSSR count). The number of benzene rings is 1. The van der Waals surface area contributed by atoms with Crippen molar-refractivity contribution < 1.29 is 4.79 Å². The number of rotatable bonds is 3. The van der Waals surface area contributed by atoms with Crippen LogP contribution in [0.4, 0.5) is 0 Å². The summed E-state index contributed by atoms with van der Waals surface area (Å²) in [6, 6.07) is 11.4. The summed E-state index contributed by atoms with van der Waals surface area (Å²) in [5.74, 6) is -0.191. The van der Waals surface area contributed by atoms with Crippen LogP contribution in [-0.4, -0.2) is 11.0 Å². The SMILES string of the molecule is Cc1ccc(C(=O)NC(=S)NCc2cccs2)cc1. The summed E-state index contributed by atoms with van der Waals surface area (Å²) in [6.45, 7) is 2.61. The minimum absolute atomic E-state index is 0.191. The van der Waals surface area contributed by atoms with Gasteiger partial charge in [0.15, 0.2) is 5.11 Å². The molecule has 1 aromatic carbocycles. The van der Waals surface area contributed by atoms with E-state index >= 15 is 0 Å². The molecule has 0 saturated carbocycles. The van der Waals surface area contributed by atoms with E-state index in [2.05, 4.69) is 10.6 Å². The second kappa shape index (κ2) is 6.45. The molecule has 19 heavy (non-hydrogen) atoms. The van der Waals surface area contributed by atoms with Crippen LogP contribution >= 0.6 is 23.6 Å². The zero-order chi connectivity index (χ0) is 13.7. The molecule has 0 aliphatic carbocycles. The topological polar surface area (TPSA) is 41.1 Å². The number of thiocarbonyl (C=S) groups is 1. The van der Waals surface area contributed by atoms with Crippen molar-refractivity contribution in [2.45, 2.75) is 13.5 Å². The van der Waals surface area contributed by atoms with Crippen LogP contribution < -0.4 is 10.6 Å². The average molecular weight is 290 g/mol. The predicted octanol–water partition coefficient (Wildman–Crippen LogP) is 2.86. The van der Waals surface area contributed by atoms with Crippen molar-refractivity contribution in [2.24, 2.45) is 0 Å². The number of hydrogen-bond donors (Lipinski definition) is 2. The van der Waals surface area contributed by atoms with Crippen LogP contribution in [0.2, 0.25) is 0 Å². The monoisotopic (exact) mass is 290 g/mol. The maximum Gasteiger partial charge on any atom is 0.257 e. The first kappa shape index (κ1) is 13.7. The molecule has 2 N–H and O–H groups in total. The molecular weight excluding hydrogens is 276 g/mol. The Morgan fingerprint density at radius 1 is 1.26 bits per heavy atom. The molecule has 0 bridgehead atoms. The van der Waals surface area contributed by atoms with Gasteiger partial charge in [0.05, 0.1) is 6.54 Å². The van der Waals surface area contributed by atoms with E-state index in [1.807, 2.05) is 36.6 Å². The van der Waals surface area contributed by atoms with Crippen molar-refractivity contribution >= 4 is 34.6 Å². The van der Waals surface area contributed by atoms with E-state index in [0.29, 0.717) is 17.2 Å². The number of nitrogens with one attached hydrogen (secondary N) is 2. The fourth-order valence-corrected chi connectivity index (χ4v) is 2.31. The average Bonchev–Trinajstić information content (AvgIpc) is 2.90. The van der Waals surface area contributed by atoms with Gasteiger partial charge in [-0.2, -0.15) is 0 Å². The highest BCUT2D eigenvalue weighted by Gasteiger charge is 2.07. The molecule has 1 heterocycles. The Balaban J connectivity index is 1.85. The van der Waals surface area contributed by atoms with Gasteiger partial charge < -0.3 is 5.32 Å². The lowest BCUT2D eigenvalue weighted by Crippen LogP contribution is -2.38. The first-order valence-corrected chi connectivity index (χ1v) is 7.12. The smallest absolute Gasteiger partial charge is 0.257 e. The summed E-state index contributed by atoms with van der Waals surface area (Å²) in [5.41, 5.74) is 1.72. The number of carbonyl (C=O) groups is 1. The number of hydrogen-bond acceptors (Lipinski definition) is 3. The molecule has 0 fully saturated rings. The van der Waals surface area contributed by atoms with Gasteiger partial charge in [-0.15, -0.1) is 11.3 Å². The molecule has 2 aromatic rings. The Labute approximate surface area is 121 Å². The Bertz CT molecular complexity index is 562. The van der Waals surface area contributed by atoms with E-state index < -0.39 is 0 Å². The largest absolute Gasteiger partial charge is 0.357 e. The molecule has 3 nitrogen and oxygen atoms in total. The molecule has 0 aliphatic rings. The fourth-order valence-electron chi connectivity index (χ4n) is 1.50. The summed E-state index contributed by atoms with van der Waals surface area (Å²) in [7, 11) is 0. The lowest BCUT2D eigenvalue weighted by Gasteiger charge is -2.08. The minimum Gasteiger partial charge on any atom is -0.357 e. The van der Waals surface area contributed by atoms with E-state index in [4.69, 9.17) is 12.2 Å². The van der Waals surface area contributed by atoms with Gasteiger partial charge in [-0.1, -0.05) is 23.8 Å². The number of thiophene rings is 1. The van der Waals surface area contributed by atoms with E-state index in [1.165, 1.54) is 4.88 Å². The third-order valence-corrected chi connectivity index (χ3v) is 3.67. The third-order valence-electron chi connectivity index (χ3n) is 2.54.